The Morgan fingerprint density at radius 3 is 2.17 bits per heavy atom. The van der Waals surface area contributed by atoms with Crippen molar-refractivity contribution in [2.24, 2.45) is 5.92 Å². The molecule has 0 aliphatic carbocycles. The summed E-state index contributed by atoms with van der Waals surface area (Å²) in [6, 6.07) is 11.2. The van der Waals surface area contributed by atoms with Gasteiger partial charge in [-0.25, -0.2) is 17.6 Å². The molecule has 3 atom stereocenters. The van der Waals surface area contributed by atoms with Crippen LogP contribution in [0.1, 0.15) is 87.3 Å². The number of amides is 5. The van der Waals surface area contributed by atoms with Gasteiger partial charge in [-0.3, -0.25) is 44.0 Å². The van der Waals surface area contributed by atoms with E-state index in [4.69, 9.17) is 0 Å². The van der Waals surface area contributed by atoms with Crippen LogP contribution in [-0.2, 0) is 33.9 Å². The lowest BCUT2D eigenvalue weighted by molar-refractivity contribution is -0.144. The van der Waals surface area contributed by atoms with E-state index in [2.05, 4.69) is 15.2 Å². The van der Waals surface area contributed by atoms with E-state index >= 15 is 8.78 Å². The van der Waals surface area contributed by atoms with Crippen molar-refractivity contribution in [3.8, 4) is 0 Å². The first-order chi connectivity index (χ1) is 28.8. The lowest BCUT2D eigenvalue weighted by atomic mass is 9.87. The summed E-state index contributed by atoms with van der Waals surface area (Å²) in [5.74, 6) is -3.97. The Bertz CT molecular complexity index is 2430. The highest BCUT2D eigenvalue weighted by molar-refractivity contribution is 6.23. The van der Waals surface area contributed by atoms with Gasteiger partial charge in [-0.05, 0) is 79.6 Å². The highest BCUT2D eigenvalue weighted by atomic mass is 19.3. The number of alkyl halides is 2. The smallest absolute Gasteiger partial charge is 0.262 e. The molecular weight excluding hydrogens is 783 g/mol. The zero-order valence-electron chi connectivity index (χ0n) is 32.9. The van der Waals surface area contributed by atoms with Gasteiger partial charge in [-0.15, -0.1) is 0 Å². The molecule has 3 saturated heterocycles. The number of H-pyrrole nitrogens is 1. The number of benzene rings is 3. The van der Waals surface area contributed by atoms with Gasteiger partial charge >= 0.3 is 0 Å². The van der Waals surface area contributed by atoms with Crippen molar-refractivity contribution in [2.75, 3.05) is 37.6 Å². The Morgan fingerprint density at radius 1 is 0.883 bits per heavy atom. The number of carbonyl (C=O) groups excluding carboxylic acids is 5. The van der Waals surface area contributed by atoms with Gasteiger partial charge in [0.2, 0.25) is 17.7 Å². The number of hydrogen-bond donors (Lipinski definition) is 2. The van der Waals surface area contributed by atoms with Crippen LogP contribution in [0.3, 0.4) is 0 Å². The number of para-hydroxylation sites is 1. The molecule has 1 aromatic heterocycles. The number of rotatable bonds is 7. The second-order valence-corrected chi connectivity index (χ2v) is 17.1. The molecule has 312 valence electrons. The third-order valence-electron chi connectivity index (χ3n) is 13.6. The fourth-order valence-corrected chi connectivity index (χ4v) is 10.4. The van der Waals surface area contributed by atoms with Crippen molar-refractivity contribution in [3.05, 3.63) is 99.2 Å². The van der Waals surface area contributed by atoms with Crippen LogP contribution in [0.5, 0.6) is 0 Å². The van der Waals surface area contributed by atoms with Gasteiger partial charge in [0.1, 0.15) is 17.7 Å². The minimum absolute atomic E-state index is 0.0405. The summed E-state index contributed by atoms with van der Waals surface area (Å²) in [7, 11) is 0. The van der Waals surface area contributed by atoms with Crippen molar-refractivity contribution in [2.45, 2.75) is 82.7 Å². The first-order valence-corrected chi connectivity index (χ1v) is 20.6. The Kier molecular flexibility index (Phi) is 9.35. The average Bonchev–Trinajstić information content (AvgIpc) is 3.85. The van der Waals surface area contributed by atoms with Crippen molar-refractivity contribution < 1.29 is 41.5 Å². The lowest BCUT2D eigenvalue weighted by Gasteiger charge is -2.46. The maximum Gasteiger partial charge on any atom is 0.262 e. The standard InChI is InChI=1S/C44H43F4N7O5/c1-22-12-29-28-4-2-3-5-34(28)49-39(29)40(54(22)21-36(47)48)38-32(45)15-26(16-33(38)46)51-10-8-23(9-11-51)42(58)53-19-27(20-53)52-17-24-13-30-31(14-25(24)18-52)44(60)55(43(30)59)35-6-7-37(56)50-41(35)57/h2-5,13-16,22-23,27,35-36,40,49H,6-12,17-21H2,1H3,(H,50,56,57)/t22-,35?,40-/m1/s1. The minimum atomic E-state index is -2.69. The molecule has 10 rings (SSSR count). The number of carbonyl (C=O) groups is 5. The number of nitrogens with one attached hydrogen (secondary N) is 2. The normalized spacial score (nSPS) is 24.0. The minimum Gasteiger partial charge on any atom is -0.371 e. The number of imide groups is 2. The highest BCUT2D eigenvalue weighted by Crippen LogP contribution is 2.44. The monoisotopic (exact) mass is 825 g/mol. The van der Waals surface area contributed by atoms with E-state index in [1.54, 1.807) is 12.1 Å². The van der Waals surface area contributed by atoms with Crippen LogP contribution in [0, 0.1) is 17.6 Å². The summed E-state index contributed by atoms with van der Waals surface area (Å²) in [5, 5.41) is 3.12. The second kappa shape index (κ2) is 14.5. The molecule has 16 heteroatoms. The molecule has 7 heterocycles. The number of anilines is 1. The van der Waals surface area contributed by atoms with Gasteiger partial charge in [0.05, 0.1) is 23.7 Å². The average molecular weight is 826 g/mol. The number of halogens is 4. The SMILES string of the molecule is C[C@@H]1Cc2c([nH]c3ccccc23)[C@@H](c2c(F)cc(N3CCC(C(=O)N4CC(N5Cc6cc7c(cc6C5)C(=O)N(C5CCC(=O)NC5=O)C7=O)C4)CC3)cc2F)N1CC(F)F. The zero-order valence-corrected chi connectivity index (χ0v) is 32.9. The summed E-state index contributed by atoms with van der Waals surface area (Å²) in [6.45, 7) is 4.17. The van der Waals surface area contributed by atoms with Gasteiger partial charge in [0.15, 0.2) is 0 Å². The van der Waals surface area contributed by atoms with E-state index in [0.717, 1.165) is 32.5 Å². The molecule has 2 N–H and O–H groups in total. The van der Waals surface area contributed by atoms with Gasteiger partial charge in [-0.2, -0.15) is 0 Å². The molecule has 3 fully saturated rings. The number of aromatic amines is 1. The van der Waals surface area contributed by atoms with Crippen molar-refractivity contribution in [3.63, 3.8) is 0 Å². The van der Waals surface area contributed by atoms with Crippen LogP contribution < -0.4 is 10.2 Å². The molecule has 5 amide bonds. The van der Waals surface area contributed by atoms with Crippen molar-refractivity contribution >= 4 is 46.1 Å². The van der Waals surface area contributed by atoms with Gasteiger partial charge in [0, 0.05) is 91.5 Å². The van der Waals surface area contributed by atoms with Crippen LogP contribution >= 0.6 is 0 Å². The molecular formula is C44H43F4N7O5. The molecule has 3 aromatic carbocycles. The summed E-state index contributed by atoms with van der Waals surface area (Å²) in [4.78, 5) is 76.0. The molecule has 6 aliphatic rings. The van der Waals surface area contributed by atoms with E-state index in [9.17, 15) is 32.8 Å². The third kappa shape index (κ3) is 6.28. The van der Waals surface area contributed by atoms with E-state index in [0.29, 0.717) is 69.9 Å². The van der Waals surface area contributed by atoms with Crippen LogP contribution in [-0.4, -0.2) is 111 Å². The number of likely N-dealkylation sites (tertiary alicyclic amines) is 1. The molecule has 0 radical (unpaired) electrons. The number of fused-ring (bicyclic) bond motifs is 5. The predicted octanol–water partition coefficient (Wildman–Crippen LogP) is 4.89. The molecule has 1 unspecified atom stereocenters. The van der Waals surface area contributed by atoms with E-state index < -0.39 is 60.3 Å². The fourth-order valence-electron chi connectivity index (χ4n) is 10.4. The number of piperidine rings is 2. The third-order valence-corrected chi connectivity index (χ3v) is 13.6. The van der Waals surface area contributed by atoms with Crippen LogP contribution in [0.2, 0.25) is 0 Å². The molecule has 0 bridgehead atoms. The predicted molar refractivity (Wildman–Crippen MR) is 210 cm³/mol. The van der Waals surface area contributed by atoms with Crippen molar-refractivity contribution in [1.82, 2.24) is 29.9 Å². The van der Waals surface area contributed by atoms with Crippen LogP contribution in [0.25, 0.3) is 10.9 Å². The van der Waals surface area contributed by atoms with Gasteiger partial charge < -0.3 is 14.8 Å². The molecule has 12 nitrogen and oxygen atoms in total. The molecule has 6 aliphatic heterocycles. The van der Waals surface area contributed by atoms with Gasteiger partial charge in [-0.1, -0.05) is 18.2 Å². The van der Waals surface area contributed by atoms with E-state index in [1.807, 2.05) is 41.0 Å². The Balaban J connectivity index is 0.766. The Hall–Kier alpha value is -5.61. The summed E-state index contributed by atoms with van der Waals surface area (Å²) in [5.41, 5.74) is 4.61. The number of nitrogens with zero attached hydrogens (tertiary/aromatic N) is 5. The first kappa shape index (κ1) is 38.6. The molecule has 0 saturated carbocycles. The Morgan fingerprint density at radius 2 is 1.53 bits per heavy atom. The Labute approximate surface area is 342 Å². The summed E-state index contributed by atoms with van der Waals surface area (Å²) >= 11 is 0. The lowest BCUT2D eigenvalue weighted by Crippen LogP contribution is -2.61. The maximum atomic E-state index is 16.2. The topological polar surface area (TPSA) is 129 Å². The zero-order chi connectivity index (χ0) is 41.7. The van der Waals surface area contributed by atoms with Crippen LogP contribution in [0.15, 0.2) is 48.5 Å². The quantitative estimate of drug-likeness (QED) is 0.199. The summed E-state index contributed by atoms with van der Waals surface area (Å²) in [6.07, 6.45) is -1.08. The maximum absolute atomic E-state index is 16.2. The molecule has 4 aromatic rings. The van der Waals surface area contributed by atoms with E-state index in [1.165, 1.54) is 17.0 Å². The molecule has 60 heavy (non-hydrogen) atoms. The van der Waals surface area contributed by atoms with Gasteiger partial charge in [0.25, 0.3) is 18.2 Å². The molecule has 0 spiro atoms. The first-order valence-electron chi connectivity index (χ1n) is 20.6. The highest BCUT2D eigenvalue weighted by Gasteiger charge is 2.47. The number of hydrogen-bond acceptors (Lipinski definition) is 8. The number of aromatic nitrogens is 1. The fraction of sp³-hybridized carbons (Fsp3) is 0.432. The largest absolute Gasteiger partial charge is 0.371 e. The van der Waals surface area contributed by atoms with Crippen molar-refractivity contribution in [1.29, 1.82) is 0 Å². The van der Waals surface area contributed by atoms with E-state index in [-0.39, 0.29) is 53.4 Å². The second-order valence-electron chi connectivity index (χ2n) is 17.1. The van der Waals surface area contributed by atoms with Crippen LogP contribution in [0.4, 0.5) is 23.2 Å². The summed E-state index contributed by atoms with van der Waals surface area (Å²) < 4.78 is 60.3.